The van der Waals surface area contributed by atoms with Gasteiger partial charge in [-0.1, -0.05) is 12.5 Å². The number of likely N-dealkylation sites (N-methyl/N-ethyl adjacent to an activating group) is 1. The Hall–Kier alpha value is -2.04. The van der Waals surface area contributed by atoms with Gasteiger partial charge in [0.1, 0.15) is 5.82 Å². The number of benzene rings is 1. The number of nitrogens with one attached hydrogen (secondary N) is 1. The predicted molar refractivity (Wildman–Crippen MR) is 129 cm³/mol. The number of aromatic nitrogens is 3. The molecule has 1 aromatic heterocycles. The third-order valence-corrected chi connectivity index (χ3v) is 5.35. The van der Waals surface area contributed by atoms with Crippen LogP contribution in [0.15, 0.2) is 23.2 Å². The van der Waals surface area contributed by atoms with Crippen molar-refractivity contribution >= 4 is 29.9 Å². The van der Waals surface area contributed by atoms with Crippen LogP contribution in [0.3, 0.4) is 0 Å². The van der Waals surface area contributed by atoms with Crippen LogP contribution in [0.25, 0.3) is 0 Å². The van der Waals surface area contributed by atoms with E-state index < -0.39 is 0 Å². The molecule has 0 fully saturated rings. The third kappa shape index (κ3) is 5.99. The first-order chi connectivity index (χ1) is 14.2. The number of ether oxygens (including phenoxy) is 2. The van der Waals surface area contributed by atoms with Gasteiger partial charge in [-0.05, 0) is 37.0 Å². The van der Waals surface area contributed by atoms with Crippen LogP contribution in [0.2, 0.25) is 0 Å². The van der Waals surface area contributed by atoms with Crippen LogP contribution in [-0.2, 0) is 25.9 Å². The molecule has 2 heterocycles. The van der Waals surface area contributed by atoms with Crippen molar-refractivity contribution in [2.75, 3.05) is 34.9 Å². The molecule has 0 saturated heterocycles. The van der Waals surface area contributed by atoms with E-state index in [1.165, 1.54) is 24.8 Å². The van der Waals surface area contributed by atoms with Crippen molar-refractivity contribution in [3.05, 3.63) is 35.4 Å². The number of hydrogen-bond donors (Lipinski definition) is 1. The topological polar surface area (TPSA) is 76.8 Å². The van der Waals surface area contributed by atoms with Crippen molar-refractivity contribution in [3.8, 4) is 11.5 Å². The lowest BCUT2D eigenvalue weighted by molar-refractivity contribution is 0.354. The zero-order valence-corrected chi connectivity index (χ0v) is 20.7. The van der Waals surface area contributed by atoms with E-state index in [9.17, 15) is 0 Å². The predicted octanol–water partition coefficient (Wildman–Crippen LogP) is 2.89. The summed E-state index contributed by atoms with van der Waals surface area (Å²) in [6, 6.07) is 6.03. The SMILES string of the molecule is CN=C(NCc1nnc2n1CCCCC2)N(C)CCc1ccc(OC)c(OC)c1.I. The minimum absolute atomic E-state index is 0. The molecule has 166 valence electrons. The van der Waals surface area contributed by atoms with E-state index in [0.717, 1.165) is 55.0 Å². The van der Waals surface area contributed by atoms with E-state index in [0.29, 0.717) is 6.54 Å². The Kier molecular flexibility index (Phi) is 9.67. The number of guanidine groups is 1. The summed E-state index contributed by atoms with van der Waals surface area (Å²) in [7, 11) is 7.15. The summed E-state index contributed by atoms with van der Waals surface area (Å²) in [4.78, 5) is 6.54. The van der Waals surface area contributed by atoms with Crippen molar-refractivity contribution < 1.29 is 9.47 Å². The Balaban J connectivity index is 0.00000320. The van der Waals surface area contributed by atoms with Gasteiger partial charge in [-0.2, -0.15) is 0 Å². The van der Waals surface area contributed by atoms with Gasteiger partial charge in [-0.25, -0.2) is 0 Å². The molecule has 8 nitrogen and oxygen atoms in total. The maximum Gasteiger partial charge on any atom is 0.193 e. The van der Waals surface area contributed by atoms with Crippen LogP contribution in [-0.4, -0.2) is 60.5 Å². The Bertz CT molecular complexity index is 839. The normalized spacial score (nSPS) is 13.7. The van der Waals surface area contributed by atoms with Crippen LogP contribution in [0, 0.1) is 0 Å². The number of aliphatic imine (C=N–C) groups is 1. The summed E-state index contributed by atoms with van der Waals surface area (Å²) >= 11 is 0. The van der Waals surface area contributed by atoms with Crippen molar-refractivity contribution in [1.82, 2.24) is 25.0 Å². The molecule has 1 aliphatic heterocycles. The highest BCUT2D eigenvalue weighted by Crippen LogP contribution is 2.27. The molecule has 0 amide bonds. The fraction of sp³-hybridized carbons (Fsp3) is 0.571. The molecular formula is C21H33IN6O2. The minimum Gasteiger partial charge on any atom is -0.493 e. The monoisotopic (exact) mass is 528 g/mol. The van der Waals surface area contributed by atoms with E-state index in [-0.39, 0.29) is 24.0 Å². The molecule has 30 heavy (non-hydrogen) atoms. The molecule has 1 N–H and O–H groups in total. The van der Waals surface area contributed by atoms with Crippen molar-refractivity contribution in [2.45, 2.75) is 45.2 Å². The Morgan fingerprint density at radius 1 is 1.17 bits per heavy atom. The van der Waals surface area contributed by atoms with E-state index in [2.05, 4.69) is 36.0 Å². The van der Waals surface area contributed by atoms with Gasteiger partial charge >= 0.3 is 0 Å². The quantitative estimate of drug-likeness (QED) is 0.339. The molecule has 0 aliphatic carbocycles. The van der Waals surface area contributed by atoms with Gasteiger partial charge in [0.2, 0.25) is 0 Å². The van der Waals surface area contributed by atoms with E-state index in [4.69, 9.17) is 9.47 Å². The molecule has 9 heteroatoms. The maximum absolute atomic E-state index is 5.40. The number of fused-ring (bicyclic) bond motifs is 1. The standard InChI is InChI=1S/C21H32N6O2.HI/c1-22-21(23-15-20-25-24-19-8-6-5-7-12-27(19)20)26(2)13-11-16-9-10-17(28-3)18(14-16)29-4;/h9-10,14H,5-8,11-13,15H2,1-4H3,(H,22,23);1H. The average Bonchev–Trinajstić information content (AvgIpc) is 2.98. The van der Waals surface area contributed by atoms with Gasteiger partial charge in [-0.3, -0.25) is 4.99 Å². The lowest BCUT2D eigenvalue weighted by Crippen LogP contribution is -2.40. The average molecular weight is 528 g/mol. The molecular weight excluding hydrogens is 495 g/mol. The summed E-state index contributed by atoms with van der Waals surface area (Å²) in [6.45, 7) is 2.46. The maximum atomic E-state index is 5.40. The Morgan fingerprint density at radius 2 is 1.97 bits per heavy atom. The second-order valence-electron chi connectivity index (χ2n) is 7.26. The highest BCUT2D eigenvalue weighted by atomic mass is 127. The summed E-state index contributed by atoms with van der Waals surface area (Å²) < 4.78 is 13.0. The first-order valence-electron chi connectivity index (χ1n) is 10.2. The number of nitrogens with zero attached hydrogens (tertiary/aromatic N) is 5. The first-order valence-corrected chi connectivity index (χ1v) is 10.2. The number of halogens is 1. The molecule has 0 radical (unpaired) electrons. The molecule has 0 unspecified atom stereocenters. The van der Waals surface area contributed by atoms with Crippen LogP contribution < -0.4 is 14.8 Å². The molecule has 0 bridgehead atoms. The van der Waals surface area contributed by atoms with Crippen LogP contribution in [0.1, 0.15) is 36.5 Å². The first kappa shape index (κ1) is 24.2. The lowest BCUT2D eigenvalue weighted by atomic mass is 10.1. The molecule has 1 aliphatic rings. The van der Waals surface area contributed by atoms with Gasteiger partial charge in [0.25, 0.3) is 0 Å². The number of aryl methyl sites for hydroxylation is 1. The lowest BCUT2D eigenvalue weighted by Gasteiger charge is -2.22. The fourth-order valence-electron chi connectivity index (χ4n) is 3.66. The largest absolute Gasteiger partial charge is 0.493 e. The molecule has 0 atom stereocenters. The van der Waals surface area contributed by atoms with Gasteiger partial charge < -0.3 is 24.3 Å². The van der Waals surface area contributed by atoms with Gasteiger partial charge in [0, 0.05) is 33.6 Å². The van der Waals surface area contributed by atoms with E-state index in [1.54, 1.807) is 21.3 Å². The van der Waals surface area contributed by atoms with Gasteiger partial charge in [0.15, 0.2) is 23.3 Å². The zero-order chi connectivity index (χ0) is 20.6. The van der Waals surface area contributed by atoms with Crippen LogP contribution in [0.4, 0.5) is 0 Å². The smallest absolute Gasteiger partial charge is 0.193 e. The van der Waals surface area contributed by atoms with Crippen molar-refractivity contribution in [1.29, 1.82) is 0 Å². The minimum atomic E-state index is 0. The second kappa shape index (κ2) is 12.0. The summed E-state index contributed by atoms with van der Waals surface area (Å²) in [5.41, 5.74) is 1.19. The second-order valence-corrected chi connectivity index (χ2v) is 7.26. The summed E-state index contributed by atoms with van der Waals surface area (Å²) in [5, 5.41) is 12.2. The molecule has 0 saturated carbocycles. The highest BCUT2D eigenvalue weighted by Gasteiger charge is 2.15. The zero-order valence-electron chi connectivity index (χ0n) is 18.3. The number of rotatable bonds is 7. The van der Waals surface area contributed by atoms with E-state index >= 15 is 0 Å². The Morgan fingerprint density at radius 3 is 2.70 bits per heavy atom. The summed E-state index contributed by atoms with van der Waals surface area (Å²) in [5.74, 6) is 4.43. The number of methoxy groups -OCH3 is 2. The number of hydrogen-bond acceptors (Lipinski definition) is 5. The van der Waals surface area contributed by atoms with Gasteiger partial charge in [0.05, 0.1) is 20.8 Å². The van der Waals surface area contributed by atoms with Crippen LogP contribution >= 0.6 is 24.0 Å². The van der Waals surface area contributed by atoms with Crippen LogP contribution in [0.5, 0.6) is 11.5 Å². The molecule has 0 spiro atoms. The molecule has 1 aromatic carbocycles. The molecule has 2 aromatic rings. The van der Waals surface area contributed by atoms with Crippen molar-refractivity contribution in [2.24, 2.45) is 4.99 Å². The molecule has 3 rings (SSSR count). The van der Waals surface area contributed by atoms with Gasteiger partial charge in [-0.15, -0.1) is 34.2 Å². The third-order valence-electron chi connectivity index (χ3n) is 5.35. The highest BCUT2D eigenvalue weighted by molar-refractivity contribution is 14.0. The summed E-state index contributed by atoms with van der Waals surface area (Å²) in [6.07, 6.45) is 5.55. The Labute approximate surface area is 196 Å². The fourth-order valence-corrected chi connectivity index (χ4v) is 3.66. The van der Waals surface area contributed by atoms with Crippen molar-refractivity contribution in [3.63, 3.8) is 0 Å². The van der Waals surface area contributed by atoms with E-state index in [1.807, 2.05) is 19.2 Å².